The molecule has 148 valence electrons. The average Bonchev–Trinajstić information content (AvgIpc) is 2.66. The van der Waals surface area contributed by atoms with E-state index in [9.17, 15) is 19.7 Å². The van der Waals surface area contributed by atoms with Gasteiger partial charge in [-0.1, -0.05) is 17.7 Å². The zero-order valence-corrected chi connectivity index (χ0v) is 15.7. The summed E-state index contributed by atoms with van der Waals surface area (Å²) in [5, 5.41) is 17.1. The molecule has 0 radical (unpaired) electrons. The van der Waals surface area contributed by atoms with Crippen molar-refractivity contribution in [2.75, 3.05) is 37.5 Å². The van der Waals surface area contributed by atoms with E-state index in [2.05, 4.69) is 10.6 Å². The second kappa shape index (κ2) is 10.2. The van der Waals surface area contributed by atoms with Gasteiger partial charge >= 0.3 is 5.97 Å². The zero-order chi connectivity index (χ0) is 20.5. The quantitative estimate of drug-likeness (QED) is 0.283. The molecule has 0 spiro atoms. The fourth-order valence-electron chi connectivity index (χ4n) is 2.22. The fraction of sp³-hybridized carbons (Fsp3) is 0.222. The van der Waals surface area contributed by atoms with Crippen LogP contribution in [0.2, 0.25) is 5.02 Å². The van der Waals surface area contributed by atoms with Crippen LogP contribution in [0.15, 0.2) is 42.5 Å². The predicted octanol–water partition coefficient (Wildman–Crippen LogP) is 3.10. The first-order valence-electron chi connectivity index (χ1n) is 8.14. The highest BCUT2D eigenvalue weighted by Gasteiger charge is 2.19. The Hall–Kier alpha value is -3.17. The highest BCUT2D eigenvalue weighted by Crippen LogP contribution is 2.25. The Bertz CT molecular complexity index is 874. The van der Waals surface area contributed by atoms with Gasteiger partial charge in [0.05, 0.1) is 17.1 Å². The Kier molecular flexibility index (Phi) is 7.73. The molecule has 2 rings (SSSR count). The number of anilines is 2. The molecule has 0 fully saturated rings. The number of hydrogen-bond acceptors (Lipinski definition) is 7. The average molecular weight is 408 g/mol. The molecule has 0 unspecified atom stereocenters. The largest absolute Gasteiger partial charge is 0.452 e. The number of methoxy groups -OCH3 is 1. The molecule has 10 heteroatoms. The fourth-order valence-corrected chi connectivity index (χ4v) is 2.41. The normalized spacial score (nSPS) is 10.2. The lowest BCUT2D eigenvalue weighted by Gasteiger charge is -2.09. The third-order valence-corrected chi connectivity index (χ3v) is 3.73. The molecule has 28 heavy (non-hydrogen) atoms. The van der Waals surface area contributed by atoms with Gasteiger partial charge in [-0.2, -0.15) is 0 Å². The van der Waals surface area contributed by atoms with Crippen molar-refractivity contribution in [1.82, 2.24) is 0 Å². The van der Waals surface area contributed by atoms with Gasteiger partial charge < -0.3 is 20.1 Å². The van der Waals surface area contributed by atoms with Crippen molar-refractivity contribution in [2.24, 2.45) is 0 Å². The lowest BCUT2D eigenvalue weighted by molar-refractivity contribution is -0.384. The standard InChI is InChI=1S/C18H18ClN3O6/c1-27-8-7-20-15-6-5-12(9-16(15)22(25)26)18(24)28-11-17(23)21-14-4-2-3-13(19)10-14/h2-6,9-10,20H,7-8,11H2,1H3,(H,21,23). The minimum atomic E-state index is -0.854. The molecule has 0 aliphatic heterocycles. The van der Waals surface area contributed by atoms with E-state index >= 15 is 0 Å². The summed E-state index contributed by atoms with van der Waals surface area (Å²) >= 11 is 5.83. The summed E-state index contributed by atoms with van der Waals surface area (Å²) in [4.78, 5) is 34.6. The summed E-state index contributed by atoms with van der Waals surface area (Å²) in [6.07, 6.45) is 0. The van der Waals surface area contributed by atoms with Gasteiger partial charge in [-0.15, -0.1) is 0 Å². The van der Waals surface area contributed by atoms with Crippen LogP contribution in [0.25, 0.3) is 0 Å². The van der Waals surface area contributed by atoms with Gasteiger partial charge in [0.25, 0.3) is 11.6 Å². The summed E-state index contributed by atoms with van der Waals surface area (Å²) in [5.41, 5.74) is 0.376. The SMILES string of the molecule is COCCNc1ccc(C(=O)OCC(=O)Nc2cccc(Cl)c2)cc1[N+](=O)[O-]. The smallest absolute Gasteiger partial charge is 0.338 e. The molecule has 0 aliphatic carbocycles. The van der Waals surface area contributed by atoms with E-state index < -0.39 is 23.4 Å². The summed E-state index contributed by atoms with van der Waals surface area (Å²) in [7, 11) is 1.51. The van der Waals surface area contributed by atoms with Crippen LogP contribution < -0.4 is 10.6 Å². The third kappa shape index (κ3) is 6.22. The van der Waals surface area contributed by atoms with Gasteiger partial charge in [0.1, 0.15) is 5.69 Å². The van der Waals surface area contributed by atoms with E-state index in [1.165, 1.54) is 19.2 Å². The maximum absolute atomic E-state index is 12.1. The summed E-state index contributed by atoms with van der Waals surface area (Å²) < 4.78 is 9.80. The molecule has 0 bridgehead atoms. The Labute approximate surface area is 165 Å². The number of benzene rings is 2. The monoisotopic (exact) mass is 407 g/mol. The van der Waals surface area contributed by atoms with E-state index in [1.807, 2.05) is 0 Å². The molecule has 0 heterocycles. The number of nitro groups is 1. The number of nitro benzene ring substituents is 1. The number of ether oxygens (including phenoxy) is 2. The number of carbonyl (C=O) groups is 2. The van der Waals surface area contributed by atoms with Crippen LogP contribution in [0.3, 0.4) is 0 Å². The van der Waals surface area contributed by atoms with Crippen LogP contribution in [0.1, 0.15) is 10.4 Å². The molecule has 2 aromatic rings. The number of nitrogens with zero attached hydrogens (tertiary/aromatic N) is 1. The second-order valence-electron chi connectivity index (χ2n) is 5.54. The molecule has 2 N–H and O–H groups in total. The van der Waals surface area contributed by atoms with E-state index in [4.69, 9.17) is 21.1 Å². The van der Waals surface area contributed by atoms with E-state index in [0.717, 1.165) is 6.07 Å². The van der Waals surface area contributed by atoms with Gasteiger partial charge in [-0.25, -0.2) is 4.79 Å². The lowest BCUT2D eigenvalue weighted by Crippen LogP contribution is -2.21. The Morgan fingerprint density at radius 2 is 2.00 bits per heavy atom. The number of halogens is 1. The van der Waals surface area contributed by atoms with Gasteiger partial charge in [-0.05, 0) is 30.3 Å². The molecule has 2 aromatic carbocycles. The zero-order valence-electron chi connectivity index (χ0n) is 14.9. The highest BCUT2D eigenvalue weighted by atomic mass is 35.5. The number of amides is 1. The molecule has 0 saturated heterocycles. The third-order valence-electron chi connectivity index (χ3n) is 3.49. The molecular weight excluding hydrogens is 390 g/mol. The van der Waals surface area contributed by atoms with Crippen LogP contribution in [0.4, 0.5) is 17.1 Å². The molecule has 0 atom stereocenters. The molecule has 0 saturated carbocycles. The first kappa shape index (κ1) is 21.1. The van der Waals surface area contributed by atoms with Crippen molar-refractivity contribution in [3.63, 3.8) is 0 Å². The summed E-state index contributed by atoms with van der Waals surface area (Å²) in [6, 6.07) is 10.3. The van der Waals surface area contributed by atoms with Crippen molar-refractivity contribution in [2.45, 2.75) is 0 Å². The number of carbonyl (C=O) groups excluding carboxylic acids is 2. The van der Waals surface area contributed by atoms with Crippen LogP contribution in [0, 0.1) is 10.1 Å². The molecule has 0 aliphatic rings. The molecular formula is C18H18ClN3O6. The maximum Gasteiger partial charge on any atom is 0.338 e. The van der Waals surface area contributed by atoms with Gasteiger partial charge in [0.15, 0.2) is 6.61 Å². The van der Waals surface area contributed by atoms with E-state index in [1.54, 1.807) is 24.3 Å². The van der Waals surface area contributed by atoms with Crippen molar-refractivity contribution in [3.05, 3.63) is 63.2 Å². The maximum atomic E-state index is 12.1. The minimum absolute atomic E-state index is 0.0421. The van der Waals surface area contributed by atoms with Crippen molar-refractivity contribution in [3.8, 4) is 0 Å². The first-order valence-corrected chi connectivity index (χ1v) is 8.52. The Morgan fingerprint density at radius 1 is 1.21 bits per heavy atom. The van der Waals surface area contributed by atoms with Crippen LogP contribution in [0.5, 0.6) is 0 Å². The Morgan fingerprint density at radius 3 is 2.68 bits per heavy atom. The molecule has 9 nitrogen and oxygen atoms in total. The van der Waals surface area contributed by atoms with Crippen molar-refractivity contribution < 1.29 is 24.0 Å². The van der Waals surface area contributed by atoms with Gasteiger partial charge in [-0.3, -0.25) is 14.9 Å². The van der Waals surface area contributed by atoms with Crippen LogP contribution in [-0.2, 0) is 14.3 Å². The van der Waals surface area contributed by atoms with Crippen molar-refractivity contribution >= 4 is 40.5 Å². The van der Waals surface area contributed by atoms with Gasteiger partial charge in [0, 0.05) is 30.4 Å². The van der Waals surface area contributed by atoms with E-state index in [0.29, 0.717) is 23.9 Å². The molecule has 0 aromatic heterocycles. The minimum Gasteiger partial charge on any atom is -0.452 e. The number of esters is 1. The molecule has 1 amide bonds. The number of hydrogen-bond donors (Lipinski definition) is 2. The predicted molar refractivity (Wildman–Crippen MR) is 104 cm³/mol. The Balaban J connectivity index is 1.98. The highest BCUT2D eigenvalue weighted by molar-refractivity contribution is 6.30. The first-order chi connectivity index (χ1) is 13.4. The van der Waals surface area contributed by atoms with Crippen molar-refractivity contribution in [1.29, 1.82) is 0 Å². The second-order valence-corrected chi connectivity index (χ2v) is 5.98. The van der Waals surface area contributed by atoms with Crippen LogP contribution >= 0.6 is 11.6 Å². The van der Waals surface area contributed by atoms with Gasteiger partial charge in [0.2, 0.25) is 0 Å². The number of nitrogens with one attached hydrogen (secondary N) is 2. The van der Waals surface area contributed by atoms with Crippen LogP contribution in [-0.4, -0.2) is 43.7 Å². The topological polar surface area (TPSA) is 120 Å². The lowest BCUT2D eigenvalue weighted by atomic mass is 10.1. The van der Waals surface area contributed by atoms with E-state index in [-0.39, 0.29) is 16.9 Å². The number of rotatable bonds is 9. The summed E-state index contributed by atoms with van der Waals surface area (Å²) in [6.45, 7) is 0.181. The summed E-state index contributed by atoms with van der Waals surface area (Å²) in [5.74, 6) is -1.42.